The van der Waals surface area contributed by atoms with Crippen LogP contribution in [0.5, 0.6) is 5.75 Å². The minimum absolute atomic E-state index is 0.293. The second kappa shape index (κ2) is 6.83. The number of ether oxygens (including phenoxy) is 2. The van der Waals surface area contributed by atoms with Crippen molar-refractivity contribution in [3.8, 4) is 5.75 Å². The third-order valence-electron chi connectivity index (χ3n) is 3.75. The number of carbonyl (C=O) groups is 2. The molecule has 0 saturated carbocycles. The summed E-state index contributed by atoms with van der Waals surface area (Å²) in [5.74, 6) is -0.256. The molecule has 4 nitrogen and oxygen atoms in total. The molecule has 0 radical (unpaired) electrons. The molecule has 2 aromatic carbocycles. The van der Waals surface area contributed by atoms with Crippen molar-refractivity contribution in [2.75, 3.05) is 0 Å². The van der Waals surface area contributed by atoms with Crippen molar-refractivity contribution in [1.82, 2.24) is 0 Å². The van der Waals surface area contributed by atoms with E-state index in [-0.39, 0.29) is 5.78 Å². The first-order chi connectivity index (χ1) is 11.4. The van der Waals surface area contributed by atoms with Gasteiger partial charge in [-0.05, 0) is 55.0 Å². The molecule has 6 heteroatoms. The molecule has 0 spiro atoms. The Bertz CT molecular complexity index is 786. The van der Waals surface area contributed by atoms with E-state index in [2.05, 4.69) is 0 Å². The molecule has 2 unspecified atom stereocenters. The van der Waals surface area contributed by atoms with Crippen LogP contribution in [0, 0.1) is 0 Å². The second-order valence-electron chi connectivity index (χ2n) is 5.51. The lowest BCUT2D eigenvalue weighted by molar-refractivity contribution is -0.153. The molecule has 0 amide bonds. The highest BCUT2D eigenvalue weighted by atomic mass is 35.5. The summed E-state index contributed by atoms with van der Waals surface area (Å²) >= 11 is 11.7. The van der Waals surface area contributed by atoms with E-state index in [4.69, 9.17) is 32.7 Å². The van der Waals surface area contributed by atoms with Crippen LogP contribution >= 0.6 is 23.2 Å². The Morgan fingerprint density at radius 2 is 1.79 bits per heavy atom. The van der Waals surface area contributed by atoms with Crippen molar-refractivity contribution in [2.45, 2.75) is 25.6 Å². The Morgan fingerprint density at radius 3 is 2.50 bits per heavy atom. The van der Waals surface area contributed by atoms with Gasteiger partial charge < -0.3 is 9.47 Å². The lowest BCUT2D eigenvalue weighted by atomic mass is 10.1. The van der Waals surface area contributed by atoms with Gasteiger partial charge in [0.2, 0.25) is 5.78 Å². The van der Waals surface area contributed by atoms with Crippen LogP contribution in [0.15, 0.2) is 42.5 Å². The minimum Gasteiger partial charge on any atom is -0.478 e. The van der Waals surface area contributed by atoms with Crippen LogP contribution in [0.4, 0.5) is 0 Å². The zero-order valence-electron chi connectivity index (χ0n) is 12.8. The molecule has 24 heavy (non-hydrogen) atoms. The first kappa shape index (κ1) is 16.8. The maximum absolute atomic E-state index is 12.3. The zero-order valence-corrected chi connectivity index (χ0v) is 14.3. The summed E-state index contributed by atoms with van der Waals surface area (Å²) in [7, 11) is 0. The van der Waals surface area contributed by atoms with Crippen molar-refractivity contribution in [3.63, 3.8) is 0 Å². The average Bonchev–Trinajstić information content (AvgIpc) is 2.98. The summed E-state index contributed by atoms with van der Waals surface area (Å²) in [6.45, 7) is 1.54. The number of benzene rings is 2. The highest BCUT2D eigenvalue weighted by molar-refractivity contribution is 6.31. The van der Waals surface area contributed by atoms with Gasteiger partial charge in [-0.2, -0.15) is 0 Å². The Morgan fingerprint density at radius 1 is 1.12 bits per heavy atom. The Balaban J connectivity index is 1.63. The van der Waals surface area contributed by atoms with E-state index >= 15 is 0 Å². The monoisotopic (exact) mass is 364 g/mol. The minimum atomic E-state index is -0.908. The van der Waals surface area contributed by atoms with E-state index in [0.29, 0.717) is 27.8 Å². The second-order valence-corrected chi connectivity index (χ2v) is 6.39. The van der Waals surface area contributed by atoms with Crippen LogP contribution in [-0.4, -0.2) is 24.0 Å². The van der Waals surface area contributed by atoms with Crippen LogP contribution in [-0.2, 0) is 16.0 Å². The van der Waals surface area contributed by atoms with Gasteiger partial charge in [-0.15, -0.1) is 0 Å². The van der Waals surface area contributed by atoms with Crippen LogP contribution in [0.25, 0.3) is 0 Å². The molecule has 1 aliphatic rings. The quantitative estimate of drug-likeness (QED) is 0.604. The lowest BCUT2D eigenvalue weighted by Crippen LogP contribution is -2.33. The summed E-state index contributed by atoms with van der Waals surface area (Å²) < 4.78 is 10.8. The van der Waals surface area contributed by atoms with Gasteiger partial charge in [-0.25, -0.2) is 4.79 Å². The third kappa shape index (κ3) is 3.55. The summed E-state index contributed by atoms with van der Waals surface area (Å²) in [6, 6.07) is 11.6. The van der Waals surface area contributed by atoms with Crippen molar-refractivity contribution in [3.05, 3.63) is 63.6 Å². The molecule has 3 rings (SSSR count). The van der Waals surface area contributed by atoms with E-state index in [0.717, 1.165) is 5.56 Å². The molecule has 1 aliphatic heterocycles. The Kier molecular flexibility index (Phi) is 4.78. The van der Waals surface area contributed by atoms with Crippen molar-refractivity contribution >= 4 is 35.0 Å². The van der Waals surface area contributed by atoms with Crippen LogP contribution in [0.3, 0.4) is 0 Å². The van der Waals surface area contributed by atoms with Crippen LogP contribution < -0.4 is 4.74 Å². The van der Waals surface area contributed by atoms with Gasteiger partial charge in [0, 0.05) is 22.0 Å². The SMILES string of the molecule is CC(OC(=O)C1Cc2cc(Cl)ccc2O1)C(=O)c1ccc(Cl)cc1. The van der Waals surface area contributed by atoms with E-state index < -0.39 is 18.2 Å². The molecule has 0 aliphatic carbocycles. The number of esters is 1. The summed E-state index contributed by atoms with van der Waals surface area (Å²) in [5, 5.41) is 1.12. The van der Waals surface area contributed by atoms with Crippen LogP contribution in [0.1, 0.15) is 22.8 Å². The number of halogens is 2. The smallest absolute Gasteiger partial charge is 0.348 e. The van der Waals surface area contributed by atoms with E-state index in [9.17, 15) is 9.59 Å². The summed E-state index contributed by atoms with van der Waals surface area (Å²) in [4.78, 5) is 24.5. The molecular weight excluding hydrogens is 351 g/mol. The summed E-state index contributed by atoms with van der Waals surface area (Å²) in [6.07, 6.45) is -1.30. The van der Waals surface area contributed by atoms with Gasteiger partial charge in [0.25, 0.3) is 0 Å². The number of hydrogen-bond donors (Lipinski definition) is 0. The molecule has 2 atom stereocenters. The molecule has 0 fully saturated rings. The van der Waals surface area contributed by atoms with Crippen molar-refractivity contribution in [1.29, 1.82) is 0 Å². The molecule has 0 N–H and O–H groups in total. The summed E-state index contributed by atoms with van der Waals surface area (Å²) in [5.41, 5.74) is 1.28. The largest absolute Gasteiger partial charge is 0.478 e. The maximum Gasteiger partial charge on any atom is 0.348 e. The Hall–Kier alpha value is -2.04. The molecule has 0 saturated heterocycles. The maximum atomic E-state index is 12.3. The number of fused-ring (bicyclic) bond motifs is 1. The molecule has 124 valence electrons. The molecule has 0 bridgehead atoms. The lowest BCUT2D eigenvalue weighted by Gasteiger charge is -2.15. The molecule has 1 heterocycles. The standard InChI is InChI=1S/C18H14Cl2O4/c1-10(17(21)11-2-4-13(19)5-3-11)23-18(22)16-9-12-8-14(20)6-7-15(12)24-16/h2-8,10,16H,9H2,1H3. The van der Waals surface area contributed by atoms with Gasteiger partial charge in [0.1, 0.15) is 5.75 Å². The molecular formula is C18H14Cl2O4. The van der Waals surface area contributed by atoms with Crippen LogP contribution in [0.2, 0.25) is 10.0 Å². The van der Waals surface area contributed by atoms with Crippen molar-refractivity contribution in [2.24, 2.45) is 0 Å². The highest BCUT2D eigenvalue weighted by Crippen LogP contribution is 2.31. The van der Waals surface area contributed by atoms with Gasteiger partial charge in [-0.1, -0.05) is 23.2 Å². The number of ketones is 1. The van der Waals surface area contributed by atoms with Gasteiger partial charge >= 0.3 is 5.97 Å². The fraction of sp³-hybridized carbons (Fsp3) is 0.222. The van der Waals surface area contributed by atoms with Gasteiger partial charge in [-0.3, -0.25) is 4.79 Å². The van der Waals surface area contributed by atoms with Gasteiger partial charge in [0.15, 0.2) is 12.2 Å². The first-order valence-corrected chi connectivity index (χ1v) is 8.15. The van der Waals surface area contributed by atoms with E-state index in [1.165, 1.54) is 6.92 Å². The highest BCUT2D eigenvalue weighted by Gasteiger charge is 2.32. The predicted molar refractivity (Wildman–Crippen MR) is 90.9 cm³/mol. The number of hydrogen-bond acceptors (Lipinski definition) is 4. The fourth-order valence-corrected chi connectivity index (χ4v) is 2.82. The normalized spacial score (nSPS) is 16.9. The van der Waals surface area contributed by atoms with E-state index in [1.807, 2.05) is 0 Å². The Labute approximate surface area is 149 Å². The number of rotatable bonds is 4. The van der Waals surface area contributed by atoms with E-state index in [1.54, 1.807) is 42.5 Å². The predicted octanol–water partition coefficient (Wildman–Crippen LogP) is 4.11. The third-order valence-corrected chi connectivity index (χ3v) is 4.24. The fourth-order valence-electron chi connectivity index (χ4n) is 2.50. The topological polar surface area (TPSA) is 52.6 Å². The first-order valence-electron chi connectivity index (χ1n) is 7.39. The van der Waals surface area contributed by atoms with Crippen molar-refractivity contribution < 1.29 is 19.1 Å². The van der Waals surface area contributed by atoms with Gasteiger partial charge in [0.05, 0.1) is 0 Å². The number of Topliss-reactive ketones (excluding diaryl/α,β-unsaturated/α-hetero) is 1. The number of carbonyl (C=O) groups excluding carboxylic acids is 2. The molecule has 2 aromatic rings. The molecule has 0 aromatic heterocycles. The zero-order chi connectivity index (χ0) is 17.3. The average molecular weight is 365 g/mol.